The van der Waals surface area contributed by atoms with Crippen molar-refractivity contribution >= 4 is 27.2 Å². The third kappa shape index (κ3) is 3.75. The van der Waals surface area contributed by atoms with Crippen molar-refractivity contribution < 1.29 is 0 Å². The van der Waals surface area contributed by atoms with Crippen LogP contribution in [0.1, 0.15) is 24.8 Å². The monoisotopic (exact) mass is 359 g/mol. The smallest absolute Gasteiger partial charge is 0.183 e. The fourth-order valence-corrected chi connectivity index (χ4v) is 3.91. The molecule has 2 aromatic carbocycles. The summed E-state index contributed by atoms with van der Waals surface area (Å²) in [4.78, 5) is 9.89. The lowest BCUT2D eigenvalue weighted by molar-refractivity contribution is 0.706. The van der Waals surface area contributed by atoms with Crippen LogP contribution in [0.2, 0.25) is 0 Å². The Morgan fingerprint density at radius 1 is 1.00 bits per heavy atom. The van der Waals surface area contributed by atoms with Crippen molar-refractivity contribution in [3.63, 3.8) is 0 Å². The third-order valence-electron chi connectivity index (χ3n) is 4.65. The molecular weight excluding hydrogens is 338 g/mol. The molecule has 4 rings (SSSR count). The quantitative estimate of drug-likeness (QED) is 0.461. The van der Waals surface area contributed by atoms with E-state index in [0.29, 0.717) is 5.92 Å². The van der Waals surface area contributed by atoms with Gasteiger partial charge in [0.15, 0.2) is 5.13 Å². The Kier molecular flexibility index (Phi) is 4.93. The van der Waals surface area contributed by atoms with Crippen LogP contribution in [0.3, 0.4) is 0 Å². The van der Waals surface area contributed by atoms with Gasteiger partial charge in [-0.05, 0) is 41.0 Å². The SMILES string of the molecule is C[C@H](CCNc1ncc(-c2ccc3cnccc3c2)s1)c1ccccc1. The van der Waals surface area contributed by atoms with Crippen LogP contribution in [0.25, 0.3) is 21.2 Å². The maximum Gasteiger partial charge on any atom is 0.183 e. The van der Waals surface area contributed by atoms with Crippen molar-refractivity contribution in [1.82, 2.24) is 9.97 Å². The normalized spacial score (nSPS) is 12.2. The summed E-state index contributed by atoms with van der Waals surface area (Å²) in [5.41, 5.74) is 2.59. The van der Waals surface area contributed by atoms with E-state index in [1.807, 2.05) is 24.7 Å². The molecule has 0 saturated carbocycles. The molecule has 2 aromatic heterocycles. The van der Waals surface area contributed by atoms with E-state index < -0.39 is 0 Å². The second-order valence-electron chi connectivity index (χ2n) is 6.49. The summed E-state index contributed by atoms with van der Waals surface area (Å²) in [6, 6.07) is 19.2. The molecule has 0 fully saturated rings. The molecule has 0 radical (unpaired) electrons. The van der Waals surface area contributed by atoms with Crippen LogP contribution >= 0.6 is 11.3 Å². The van der Waals surface area contributed by atoms with Crippen LogP contribution in [0.15, 0.2) is 73.2 Å². The molecule has 4 heteroatoms. The van der Waals surface area contributed by atoms with Crippen LogP contribution in [0, 0.1) is 0 Å². The molecule has 1 N–H and O–H groups in total. The molecule has 0 unspecified atom stereocenters. The van der Waals surface area contributed by atoms with Gasteiger partial charge in [0.1, 0.15) is 0 Å². The van der Waals surface area contributed by atoms with E-state index in [2.05, 4.69) is 70.7 Å². The summed E-state index contributed by atoms with van der Waals surface area (Å²) in [6.07, 6.45) is 6.77. The van der Waals surface area contributed by atoms with E-state index in [0.717, 1.165) is 23.5 Å². The van der Waals surface area contributed by atoms with Gasteiger partial charge in [0.2, 0.25) is 0 Å². The van der Waals surface area contributed by atoms with Crippen molar-refractivity contribution in [3.05, 3.63) is 78.8 Å². The molecule has 26 heavy (non-hydrogen) atoms. The average molecular weight is 359 g/mol. The molecule has 2 heterocycles. The summed E-state index contributed by atoms with van der Waals surface area (Å²) in [5, 5.41) is 6.82. The summed E-state index contributed by atoms with van der Waals surface area (Å²) in [7, 11) is 0. The average Bonchev–Trinajstić information content (AvgIpc) is 3.17. The summed E-state index contributed by atoms with van der Waals surface area (Å²) in [5.74, 6) is 0.539. The molecule has 0 aliphatic carbocycles. The molecule has 0 amide bonds. The van der Waals surface area contributed by atoms with Crippen LogP contribution in [0.5, 0.6) is 0 Å². The Bertz CT molecular complexity index is 994. The molecule has 0 saturated heterocycles. The summed E-state index contributed by atoms with van der Waals surface area (Å²) >= 11 is 1.70. The van der Waals surface area contributed by atoms with Crippen molar-refractivity contribution in [2.45, 2.75) is 19.3 Å². The van der Waals surface area contributed by atoms with E-state index in [-0.39, 0.29) is 0 Å². The first-order valence-electron chi connectivity index (χ1n) is 8.88. The van der Waals surface area contributed by atoms with Gasteiger partial charge >= 0.3 is 0 Å². The van der Waals surface area contributed by atoms with Crippen molar-refractivity contribution in [3.8, 4) is 10.4 Å². The number of anilines is 1. The zero-order chi connectivity index (χ0) is 17.8. The Morgan fingerprint density at radius 2 is 1.88 bits per heavy atom. The highest BCUT2D eigenvalue weighted by Gasteiger charge is 2.07. The molecule has 0 aliphatic rings. The summed E-state index contributed by atoms with van der Waals surface area (Å²) < 4.78 is 0. The van der Waals surface area contributed by atoms with E-state index in [9.17, 15) is 0 Å². The van der Waals surface area contributed by atoms with Gasteiger partial charge in [0.05, 0.1) is 4.88 Å². The zero-order valence-electron chi connectivity index (χ0n) is 14.7. The lowest BCUT2D eigenvalue weighted by atomic mass is 9.98. The van der Waals surface area contributed by atoms with Gasteiger partial charge in [0.25, 0.3) is 0 Å². The van der Waals surface area contributed by atoms with Crippen LogP contribution in [0.4, 0.5) is 5.13 Å². The number of benzene rings is 2. The number of nitrogens with one attached hydrogen (secondary N) is 1. The van der Waals surface area contributed by atoms with E-state index in [1.54, 1.807) is 11.3 Å². The minimum Gasteiger partial charge on any atom is -0.361 e. The lowest BCUT2D eigenvalue weighted by Crippen LogP contribution is -2.05. The first kappa shape index (κ1) is 16.7. The Labute approximate surface area is 157 Å². The molecule has 0 aliphatic heterocycles. The largest absolute Gasteiger partial charge is 0.361 e. The molecule has 3 nitrogen and oxygen atoms in total. The molecule has 0 bridgehead atoms. The Balaban J connectivity index is 1.39. The predicted octanol–water partition coefficient (Wildman–Crippen LogP) is 5.96. The van der Waals surface area contributed by atoms with Gasteiger partial charge in [-0.2, -0.15) is 0 Å². The van der Waals surface area contributed by atoms with E-state index in [1.165, 1.54) is 21.4 Å². The molecule has 130 valence electrons. The fourth-order valence-electron chi connectivity index (χ4n) is 3.07. The summed E-state index contributed by atoms with van der Waals surface area (Å²) in [6.45, 7) is 3.20. The third-order valence-corrected chi connectivity index (χ3v) is 5.66. The highest BCUT2D eigenvalue weighted by atomic mass is 32.1. The van der Waals surface area contributed by atoms with Crippen molar-refractivity contribution in [2.75, 3.05) is 11.9 Å². The van der Waals surface area contributed by atoms with Crippen LogP contribution in [-0.2, 0) is 0 Å². The van der Waals surface area contributed by atoms with E-state index in [4.69, 9.17) is 0 Å². The van der Waals surface area contributed by atoms with Crippen LogP contribution < -0.4 is 5.32 Å². The van der Waals surface area contributed by atoms with Gasteiger partial charge in [-0.25, -0.2) is 4.98 Å². The Morgan fingerprint density at radius 3 is 2.77 bits per heavy atom. The number of pyridine rings is 1. The maximum absolute atomic E-state index is 4.54. The van der Waals surface area contributed by atoms with Gasteiger partial charge in [0, 0.05) is 30.5 Å². The van der Waals surface area contributed by atoms with E-state index >= 15 is 0 Å². The number of thiazole rings is 1. The number of aromatic nitrogens is 2. The highest BCUT2D eigenvalue weighted by Crippen LogP contribution is 2.31. The number of hydrogen-bond acceptors (Lipinski definition) is 4. The molecule has 1 atom stereocenters. The molecular formula is C22H21N3S. The number of fused-ring (bicyclic) bond motifs is 1. The second kappa shape index (κ2) is 7.67. The van der Waals surface area contributed by atoms with Crippen molar-refractivity contribution in [1.29, 1.82) is 0 Å². The van der Waals surface area contributed by atoms with Crippen molar-refractivity contribution in [2.24, 2.45) is 0 Å². The molecule has 4 aromatic rings. The predicted molar refractivity (Wildman–Crippen MR) is 111 cm³/mol. The van der Waals surface area contributed by atoms with Gasteiger partial charge in [-0.15, -0.1) is 0 Å². The Hall–Kier alpha value is -2.72. The maximum atomic E-state index is 4.54. The van der Waals surface area contributed by atoms with Gasteiger partial charge < -0.3 is 5.32 Å². The zero-order valence-corrected chi connectivity index (χ0v) is 15.5. The van der Waals surface area contributed by atoms with Gasteiger partial charge in [-0.1, -0.05) is 60.7 Å². The number of rotatable bonds is 6. The first-order chi connectivity index (χ1) is 12.8. The van der Waals surface area contributed by atoms with Gasteiger partial charge in [-0.3, -0.25) is 4.98 Å². The highest BCUT2D eigenvalue weighted by molar-refractivity contribution is 7.18. The minimum absolute atomic E-state index is 0.539. The van der Waals surface area contributed by atoms with Crippen LogP contribution in [-0.4, -0.2) is 16.5 Å². The number of nitrogens with zero attached hydrogens (tertiary/aromatic N) is 2. The minimum atomic E-state index is 0.539. The fraction of sp³-hybridized carbons (Fsp3) is 0.182. The molecule has 0 spiro atoms. The number of hydrogen-bond donors (Lipinski definition) is 1. The topological polar surface area (TPSA) is 37.8 Å². The lowest BCUT2D eigenvalue weighted by Gasteiger charge is -2.11. The first-order valence-corrected chi connectivity index (χ1v) is 9.70. The second-order valence-corrected chi connectivity index (χ2v) is 7.53. The standard InChI is InChI=1S/C22H21N3S/c1-16(17-5-3-2-4-6-17)9-12-24-22-25-15-21(26-22)19-7-8-20-14-23-11-10-18(20)13-19/h2-8,10-11,13-16H,9,12H2,1H3,(H,24,25)/t16-/m1/s1.